The molecular formula is C21H32N3O4S+. The maximum Gasteiger partial charge on any atom is 0.275 e. The number of nitrogens with zero attached hydrogens (tertiary/aromatic N) is 1. The van der Waals surface area contributed by atoms with Crippen LogP contribution in [0.25, 0.3) is 0 Å². The highest BCUT2D eigenvalue weighted by molar-refractivity contribution is 7.89. The van der Waals surface area contributed by atoms with Crippen LogP contribution in [0.15, 0.2) is 40.8 Å². The molecule has 8 heteroatoms. The third-order valence-corrected chi connectivity index (χ3v) is 7.60. The lowest BCUT2D eigenvalue weighted by Crippen LogP contribution is -3.15. The average molecular weight is 423 g/mol. The summed E-state index contributed by atoms with van der Waals surface area (Å²) in [6, 6.07) is 6.45. The van der Waals surface area contributed by atoms with E-state index in [-0.39, 0.29) is 10.8 Å². The van der Waals surface area contributed by atoms with E-state index < -0.39 is 10.0 Å². The Morgan fingerprint density at radius 1 is 1.17 bits per heavy atom. The van der Waals surface area contributed by atoms with Gasteiger partial charge < -0.3 is 15.0 Å². The maximum absolute atomic E-state index is 12.8. The van der Waals surface area contributed by atoms with Crippen LogP contribution in [0, 0.1) is 0 Å². The molecule has 1 aliphatic heterocycles. The van der Waals surface area contributed by atoms with Gasteiger partial charge in [-0.2, -0.15) is 4.31 Å². The molecule has 0 bridgehead atoms. The number of hydrogen-bond acceptors (Lipinski definition) is 4. The van der Waals surface area contributed by atoms with Crippen LogP contribution in [0.3, 0.4) is 0 Å². The summed E-state index contributed by atoms with van der Waals surface area (Å²) in [5.41, 5.74) is 1.46. The lowest BCUT2D eigenvalue weighted by atomic mass is 9.97. The molecular weight excluding hydrogens is 390 g/mol. The van der Waals surface area contributed by atoms with Crippen molar-refractivity contribution in [3.8, 4) is 5.75 Å². The number of nitrogens with one attached hydrogen (secondary N) is 2. The van der Waals surface area contributed by atoms with Gasteiger partial charge in [-0.05, 0) is 56.4 Å². The molecule has 0 spiro atoms. The Hall–Kier alpha value is -1.90. The Bertz CT molecular complexity index is 813. The summed E-state index contributed by atoms with van der Waals surface area (Å²) in [5, 5.41) is 3.01. The Balaban J connectivity index is 1.42. The SMILES string of the molecule is COc1ccc(S(=O)(=O)N2CC[NH+](CC(=O)NCCC3=CCCCC3)CC2)cc1. The van der Waals surface area contributed by atoms with Crippen LogP contribution in [0.5, 0.6) is 5.75 Å². The second kappa shape index (κ2) is 10.2. The number of hydrogen-bond donors (Lipinski definition) is 2. The van der Waals surface area contributed by atoms with E-state index in [1.807, 2.05) is 0 Å². The fourth-order valence-corrected chi connectivity index (χ4v) is 5.34. The topological polar surface area (TPSA) is 80.2 Å². The first-order valence-corrected chi connectivity index (χ1v) is 11.9. The Labute approximate surface area is 173 Å². The number of rotatable bonds is 8. The number of carbonyl (C=O) groups is 1. The van der Waals surface area contributed by atoms with Gasteiger partial charge in [0.25, 0.3) is 5.91 Å². The van der Waals surface area contributed by atoms with Gasteiger partial charge in [0, 0.05) is 6.54 Å². The van der Waals surface area contributed by atoms with Crippen molar-refractivity contribution in [3.63, 3.8) is 0 Å². The molecule has 7 nitrogen and oxygen atoms in total. The van der Waals surface area contributed by atoms with Gasteiger partial charge in [0.05, 0.1) is 38.2 Å². The van der Waals surface area contributed by atoms with Crippen molar-refractivity contribution in [2.75, 3.05) is 46.4 Å². The van der Waals surface area contributed by atoms with Crippen molar-refractivity contribution in [3.05, 3.63) is 35.9 Å². The minimum atomic E-state index is -3.51. The number of methoxy groups -OCH3 is 1. The van der Waals surface area contributed by atoms with E-state index in [9.17, 15) is 13.2 Å². The molecule has 3 rings (SSSR count). The van der Waals surface area contributed by atoms with Crippen molar-refractivity contribution >= 4 is 15.9 Å². The average Bonchev–Trinajstić information content (AvgIpc) is 2.75. The number of benzene rings is 1. The molecule has 2 N–H and O–H groups in total. The van der Waals surface area contributed by atoms with Crippen LogP contribution in [-0.2, 0) is 14.8 Å². The van der Waals surface area contributed by atoms with Crippen molar-refractivity contribution < 1.29 is 22.8 Å². The van der Waals surface area contributed by atoms with Crippen molar-refractivity contribution in [2.45, 2.75) is 37.0 Å². The van der Waals surface area contributed by atoms with Crippen LogP contribution in [0.4, 0.5) is 0 Å². The van der Waals surface area contributed by atoms with Gasteiger partial charge in [-0.15, -0.1) is 0 Å². The number of carbonyl (C=O) groups excluding carboxylic acids is 1. The fourth-order valence-electron chi connectivity index (χ4n) is 3.90. The standard InChI is InChI=1S/C21H31N3O4S/c1-28-19-7-9-20(10-8-19)29(26,27)24-15-13-23(14-16-24)17-21(25)22-12-11-18-5-3-2-4-6-18/h5,7-10H,2-4,6,11-17H2,1H3,(H,22,25)/p+1. The zero-order chi connectivity index (χ0) is 20.7. The highest BCUT2D eigenvalue weighted by atomic mass is 32.2. The van der Waals surface area contributed by atoms with E-state index in [0.29, 0.717) is 45.0 Å². The van der Waals surface area contributed by atoms with Gasteiger partial charge >= 0.3 is 0 Å². The third-order valence-electron chi connectivity index (χ3n) is 5.69. The number of piperazine rings is 1. The lowest BCUT2D eigenvalue weighted by Gasteiger charge is -2.31. The Morgan fingerprint density at radius 3 is 2.52 bits per heavy atom. The molecule has 0 aromatic heterocycles. The molecule has 1 amide bonds. The zero-order valence-electron chi connectivity index (χ0n) is 17.2. The molecule has 1 aliphatic carbocycles. The largest absolute Gasteiger partial charge is 0.497 e. The summed E-state index contributed by atoms with van der Waals surface area (Å²) >= 11 is 0. The summed E-state index contributed by atoms with van der Waals surface area (Å²) in [5.74, 6) is 0.673. The molecule has 2 aliphatic rings. The normalized spacial score (nSPS) is 18.9. The monoisotopic (exact) mass is 422 g/mol. The molecule has 0 radical (unpaired) electrons. The summed E-state index contributed by atoms with van der Waals surface area (Å²) < 4.78 is 32.2. The number of ether oxygens (including phenoxy) is 1. The quantitative estimate of drug-likeness (QED) is 0.601. The molecule has 29 heavy (non-hydrogen) atoms. The smallest absolute Gasteiger partial charge is 0.275 e. The third kappa shape index (κ3) is 6.04. The van der Waals surface area contributed by atoms with Crippen molar-refractivity contribution in [1.82, 2.24) is 9.62 Å². The number of amides is 1. The van der Waals surface area contributed by atoms with Gasteiger partial charge in [-0.25, -0.2) is 8.42 Å². The minimum absolute atomic E-state index is 0.0443. The van der Waals surface area contributed by atoms with Crippen LogP contribution >= 0.6 is 0 Å². The Morgan fingerprint density at radius 2 is 1.90 bits per heavy atom. The molecule has 1 aromatic carbocycles. The van der Waals surface area contributed by atoms with E-state index in [0.717, 1.165) is 24.2 Å². The Kier molecular flexibility index (Phi) is 7.69. The predicted molar refractivity (Wildman–Crippen MR) is 111 cm³/mol. The van der Waals surface area contributed by atoms with Gasteiger partial charge in [0.1, 0.15) is 5.75 Å². The molecule has 0 saturated carbocycles. The van der Waals surface area contributed by atoms with E-state index in [2.05, 4.69) is 11.4 Å². The second-order valence-corrected chi connectivity index (χ2v) is 9.65. The maximum atomic E-state index is 12.8. The van der Waals surface area contributed by atoms with Gasteiger partial charge in [-0.1, -0.05) is 11.6 Å². The van der Waals surface area contributed by atoms with Crippen molar-refractivity contribution in [2.24, 2.45) is 0 Å². The number of quaternary nitrogens is 1. The molecule has 0 unspecified atom stereocenters. The van der Waals surface area contributed by atoms with E-state index in [4.69, 9.17) is 4.74 Å². The summed E-state index contributed by atoms with van der Waals surface area (Å²) in [7, 11) is -1.96. The van der Waals surface area contributed by atoms with Crippen LogP contribution < -0.4 is 15.0 Å². The molecule has 1 fully saturated rings. The van der Waals surface area contributed by atoms with Gasteiger partial charge in [0.2, 0.25) is 10.0 Å². The molecule has 0 atom stereocenters. The highest BCUT2D eigenvalue weighted by Gasteiger charge is 2.31. The summed E-state index contributed by atoms with van der Waals surface area (Å²) in [4.78, 5) is 13.6. The van der Waals surface area contributed by atoms with Gasteiger partial charge in [0.15, 0.2) is 6.54 Å². The van der Waals surface area contributed by atoms with Crippen LogP contribution in [0.2, 0.25) is 0 Å². The van der Waals surface area contributed by atoms with E-state index in [1.165, 1.54) is 22.7 Å². The molecule has 1 aromatic rings. The zero-order valence-corrected chi connectivity index (χ0v) is 18.0. The van der Waals surface area contributed by atoms with E-state index >= 15 is 0 Å². The number of sulfonamides is 1. The summed E-state index contributed by atoms with van der Waals surface area (Å²) in [6.07, 6.45) is 8.11. The first kappa shape index (κ1) is 21.8. The molecule has 160 valence electrons. The summed E-state index contributed by atoms with van der Waals surface area (Å²) in [6.45, 7) is 3.20. The lowest BCUT2D eigenvalue weighted by molar-refractivity contribution is -0.895. The van der Waals surface area contributed by atoms with Crippen LogP contribution in [-0.4, -0.2) is 65.0 Å². The van der Waals surface area contributed by atoms with Gasteiger partial charge in [-0.3, -0.25) is 4.79 Å². The van der Waals surface area contributed by atoms with E-state index in [1.54, 1.807) is 31.4 Å². The predicted octanol–water partition coefficient (Wildman–Crippen LogP) is 0.591. The highest BCUT2D eigenvalue weighted by Crippen LogP contribution is 2.20. The van der Waals surface area contributed by atoms with Crippen LogP contribution in [0.1, 0.15) is 32.1 Å². The van der Waals surface area contributed by atoms with Crippen molar-refractivity contribution in [1.29, 1.82) is 0 Å². The first-order valence-electron chi connectivity index (χ1n) is 10.4. The number of allylic oxidation sites excluding steroid dienone is 1. The second-order valence-electron chi connectivity index (χ2n) is 7.71. The molecule has 1 saturated heterocycles. The first-order chi connectivity index (χ1) is 14.0. The fraction of sp³-hybridized carbons (Fsp3) is 0.571. The molecule has 1 heterocycles. The minimum Gasteiger partial charge on any atom is -0.497 e.